The van der Waals surface area contributed by atoms with Crippen LogP contribution in [0.15, 0.2) is 35.6 Å². The minimum Gasteiger partial charge on any atom is -0.614 e. The Morgan fingerprint density at radius 3 is 2.27 bits per heavy atom. The smallest absolute Gasteiger partial charge is 0.332 e. The number of carboxylic acid groups (broad SMARTS) is 1. The Morgan fingerprint density at radius 2 is 1.73 bits per heavy atom. The molecular weight excluding hydrogens is 412 g/mol. The lowest BCUT2D eigenvalue weighted by Gasteiger charge is -2.48. The minimum atomic E-state index is -1.73. The van der Waals surface area contributed by atoms with Crippen molar-refractivity contribution in [1.29, 1.82) is 0 Å². The zero-order chi connectivity index (χ0) is 22.2. The first-order valence-electron chi connectivity index (χ1n) is 9.44. The van der Waals surface area contributed by atoms with E-state index in [9.17, 15) is 28.9 Å². The summed E-state index contributed by atoms with van der Waals surface area (Å²) in [7, 11) is 0. The SMILES string of the molecule is CC1(C)N(N=O)C(c2ccccc2)C(=O)N1C1C(=O)N2C(C(=O)O)C(C)(C)[S+]([O-])[C@@H]12. The summed E-state index contributed by atoms with van der Waals surface area (Å²) in [5.41, 5.74) is -0.737. The van der Waals surface area contributed by atoms with Crippen molar-refractivity contribution in [2.75, 3.05) is 0 Å². The average molecular weight is 434 g/mol. The molecule has 0 spiro atoms. The van der Waals surface area contributed by atoms with Crippen molar-refractivity contribution in [3.63, 3.8) is 0 Å². The second kappa shape index (κ2) is 6.42. The van der Waals surface area contributed by atoms with Gasteiger partial charge in [-0.05, 0) is 44.4 Å². The van der Waals surface area contributed by atoms with Gasteiger partial charge in [0, 0.05) is 0 Å². The Labute approximate surface area is 175 Å². The number of aliphatic carboxylic acids is 1. The van der Waals surface area contributed by atoms with Gasteiger partial charge < -0.3 is 9.66 Å². The second-order valence-electron chi connectivity index (χ2n) is 8.66. The minimum absolute atomic E-state index is 0.516. The molecular formula is C19H22N4O6S. The van der Waals surface area contributed by atoms with Crippen LogP contribution in [0.2, 0.25) is 0 Å². The molecule has 10 nitrogen and oxygen atoms in total. The number of hydrogen-bond acceptors (Lipinski definition) is 6. The molecule has 2 amide bonds. The van der Waals surface area contributed by atoms with Gasteiger partial charge in [0.2, 0.25) is 5.37 Å². The summed E-state index contributed by atoms with van der Waals surface area (Å²) in [6, 6.07) is 5.19. The van der Waals surface area contributed by atoms with E-state index in [1.165, 1.54) is 18.7 Å². The number of β-lactam (4-membered cyclic amide) rings is 1. The fourth-order valence-corrected chi connectivity index (χ4v) is 6.81. The molecule has 0 aromatic heterocycles. The van der Waals surface area contributed by atoms with Gasteiger partial charge in [-0.3, -0.25) is 19.4 Å². The standard InChI is InChI=1S/C19H22N4O6S/c1-18(2)13(17(26)27)21-14(24)12(16(21)30(18)29)22-15(25)11(10-8-6-5-7-9-10)23(20-28)19(22,3)4/h5-9,11-13,16H,1-4H3,(H,26,27)/t11?,12?,13?,16-,30?/m0/s1. The molecule has 1 aromatic rings. The van der Waals surface area contributed by atoms with E-state index < -0.39 is 62.9 Å². The van der Waals surface area contributed by atoms with Crippen LogP contribution in [0, 0.1) is 4.91 Å². The Hall–Kier alpha value is -2.66. The van der Waals surface area contributed by atoms with Crippen molar-refractivity contribution in [3.05, 3.63) is 40.8 Å². The highest BCUT2D eigenvalue weighted by molar-refractivity contribution is 7.94. The van der Waals surface area contributed by atoms with Gasteiger partial charge in [-0.15, -0.1) is 4.91 Å². The molecule has 0 radical (unpaired) electrons. The monoisotopic (exact) mass is 434 g/mol. The molecule has 160 valence electrons. The summed E-state index contributed by atoms with van der Waals surface area (Å²) in [6.07, 6.45) is 0. The normalized spacial score (nSPS) is 34.0. The Kier molecular flexibility index (Phi) is 4.41. The number of fused-ring (bicyclic) bond motifs is 1. The molecule has 3 heterocycles. The molecule has 1 aromatic carbocycles. The van der Waals surface area contributed by atoms with Gasteiger partial charge in [0.1, 0.15) is 5.66 Å². The Morgan fingerprint density at radius 1 is 1.13 bits per heavy atom. The van der Waals surface area contributed by atoms with Crippen LogP contribution in [0.5, 0.6) is 0 Å². The number of hydrogen-bond donors (Lipinski definition) is 1. The number of carboxylic acids is 1. The fraction of sp³-hybridized carbons (Fsp3) is 0.526. The van der Waals surface area contributed by atoms with Gasteiger partial charge in [0.15, 0.2) is 22.9 Å². The highest BCUT2D eigenvalue weighted by atomic mass is 32.2. The predicted octanol–water partition coefficient (Wildman–Crippen LogP) is 0.820. The van der Waals surface area contributed by atoms with Crippen LogP contribution >= 0.6 is 0 Å². The maximum absolute atomic E-state index is 13.4. The lowest BCUT2D eigenvalue weighted by atomic mass is 9.94. The van der Waals surface area contributed by atoms with Gasteiger partial charge in [-0.1, -0.05) is 30.3 Å². The first-order valence-corrected chi connectivity index (χ1v) is 10.7. The fourth-order valence-electron chi connectivity index (χ4n) is 4.85. The van der Waals surface area contributed by atoms with Crippen LogP contribution in [0.3, 0.4) is 0 Å². The molecule has 3 fully saturated rings. The zero-order valence-corrected chi connectivity index (χ0v) is 17.7. The lowest BCUT2D eigenvalue weighted by molar-refractivity contribution is -0.172. The number of nitrogens with zero attached hydrogens (tertiary/aromatic N) is 4. The third-order valence-electron chi connectivity index (χ3n) is 6.31. The molecule has 4 rings (SSSR count). The van der Waals surface area contributed by atoms with Crippen LogP contribution in [0.4, 0.5) is 0 Å². The van der Waals surface area contributed by atoms with E-state index in [1.807, 2.05) is 0 Å². The predicted molar refractivity (Wildman–Crippen MR) is 106 cm³/mol. The van der Waals surface area contributed by atoms with Gasteiger partial charge in [0.05, 0.1) is 5.29 Å². The third kappa shape index (κ3) is 2.38. The summed E-state index contributed by atoms with van der Waals surface area (Å²) in [5.74, 6) is -2.35. The molecule has 30 heavy (non-hydrogen) atoms. The number of carbonyl (C=O) groups is 3. The van der Waals surface area contributed by atoms with Crippen molar-refractivity contribution >= 4 is 29.0 Å². The van der Waals surface area contributed by atoms with Crippen molar-refractivity contribution in [1.82, 2.24) is 14.8 Å². The maximum atomic E-state index is 13.4. The van der Waals surface area contributed by atoms with E-state index in [0.717, 1.165) is 9.91 Å². The van der Waals surface area contributed by atoms with Gasteiger partial charge in [-0.2, -0.15) is 0 Å². The van der Waals surface area contributed by atoms with E-state index in [1.54, 1.807) is 44.2 Å². The Bertz CT molecular complexity index is 938. The summed E-state index contributed by atoms with van der Waals surface area (Å²) >= 11 is -1.73. The molecule has 3 aliphatic heterocycles. The number of rotatable bonds is 4. The van der Waals surface area contributed by atoms with Gasteiger partial charge in [0.25, 0.3) is 11.8 Å². The van der Waals surface area contributed by atoms with Crippen molar-refractivity contribution in [2.45, 2.75) is 61.6 Å². The summed E-state index contributed by atoms with van der Waals surface area (Å²) in [4.78, 5) is 52.3. The van der Waals surface area contributed by atoms with E-state index >= 15 is 0 Å². The highest BCUT2D eigenvalue weighted by Crippen LogP contribution is 2.51. The van der Waals surface area contributed by atoms with Crippen molar-refractivity contribution < 1.29 is 24.0 Å². The molecule has 0 bridgehead atoms. The molecule has 0 saturated carbocycles. The van der Waals surface area contributed by atoms with Crippen molar-refractivity contribution in [3.8, 4) is 0 Å². The van der Waals surface area contributed by atoms with E-state index in [2.05, 4.69) is 5.29 Å². The van der Waals surface area contributed by atoms with Gasteiger partial charge in [-0.25, -0.2) is 9.80 Å². The van der Waals surface area contributed by atoms with E-state index in [0.29, 0.717) is 5.56 Å². The summed E-state index contributed by atoms with van der Waals surface area (Å²) < 4.78 is 12.0. The van der Waals surface area contributed by atoms with Crippen LogP contribution in [0.25, 0.3) is 0 Å². The molecule has 3 aliphatic rings. The van der Waals surface area contributed by atoms with Crippen LogP contribution in [0.1, 0.15) is 39.3 Å². The van der Waals surface area contributed by atoms with E-state index in [4.69, 9.17) is 0 Å². The average Bonchev–Trinajstić information content (AvgIpc) is 2.99. The largest absolute Gasteiger partial charge is 0.614 e. The zero-order valence-electron chi connectivity index (χ0n) is 16.9. The highest BCUT2D eigenvalue weighted by Gasteiger charge is 2.76. The molecule has 1 N–H and O–H groups in total. The summed E-state index contributed by atoms with van der Waals surface area (Å²) in [6.45, 7) is 6.24. The second-order valence-corrected chi connectivity index (χ2v) is 10.8. The number of amides is 2. The summed E-state index contributed by atoms with van der Waals surface area (Å²) in [5, 5.41) is 12.8. The van der Waals surface area contributed by atoms with Crippen molar-refractivity contribution in [2.24, 2.45) is 5.29 Å². The third-order valence-corrected chi connectivity index (χ3v) is 8.49. The number of nitroso groups, excluding NO2 is 1. The first kappa shape index (κ1) is 20.6. The molecule has 3 saturated heterocycles. The van der Waals surface area contributed by atoms with E-state index in [-0.39, 0.29) is 0 Å². The molecule has 0 aliphatic carbocycles. The lowest BCUT2D eigenvalue weighted by Crippen LogP contribution is -2.74. The molecule has 5 atom stereocenters. The molecule has 11 heteroatoms. The first-order chi connectivity index (χ1) is 14.0. The van der Waals surface area contributed by atoms with Crippen LogP contribution in [-0.4, -0.2) is 70.1 Å². The molecule has 4 unspecified atom stereocenters. The van der Waals surface area contributed by atoms with Crippen LogP contribution in [-0.2, 0) is 25.6 Å². The number of benzene rings is 1. The van der Waals surface area contributed by atoms with Gasteiger partial charge >= 0.3 is 5.97 Å². The Balaban J connectivity index is 1.76. The maximum Gasteiger partial charge on any atom is 0.332 e. The van der Waals surface area contributed by atoms with Crippen LogP contribution < -0.4 is 0 Å². The quantitative estimate of drug-likeness (QED) is 0.421. The topological polar surface area (TPSA) is 134 Å². The number of carbonyl (C=O) groups excluding carboxylic acids is 2.